The van der Waals surface area contributed by atoms with Crippen molar-refractivity contribution in [3.05, 3.63) is 11.7 Å². The van der Waals surface area contributed by atoms with E-state index in [4.69, 9.17) is 9.26 Å². The van der Waals surface area contributed by atoms with Crippen LogP contribution in [0, 0.1) is 0 Å². The minimum Gasteiger partial charge on any atom is -0.376 e. The molecule has 1 aromatic rings. The van der Waals surface area contributed by atoms with Gasteiger partial charge >= 0.3 is 0 Å². The van der Waals surface area contributed by atoms with Gasteiger partial charge in [-0.1, -0.05) is 5.16 Å². The van der Waals surface area contributed by atoms with Crippen LogP contribution in [0.25, 0.3) is 0 Å². The molecule has 2 heterocycles. The van der Waals surface area contributed by atoms with Crippen molar-refractivity contribution in [2.75, 3.05) is 13.2 Å². The van der Waals surface area contributed by atoms with Crippen LogP contribution in [-0.2, 0) is 11.3 Å². The first-order valence-corrected chi connectivity index (χ1v) is 8.86. The Kier molecular flexibility index (Phi) is 4.46. The van der Waals surface area contributed by atoms with Gasteiger partial charge in [-0.3, -0.25) is 0 Å². The largest absolute Gasteiger partial charge is 0.376 e. The topological polar surface area (TPSA) is 84.6 Å². The molecule has 3 fully saturated rings. The van der Waals surface area contributed by atoms with Crippen molar-refractivity contribution in [1.82, 2.24) is 20.8 Å². The van der Waals surface area contributed by atoms with Gasteiger partial charge in [0.2, 0.25) is 5.89 Å². The summed E-state index contributed by atoms with van der Waals surface area (Å²) in [4.78, 5) is 9.02. The molecule has 0 bridgehead atoms. The summed E-state index contributed by atoms with van der Waals surface area (Å²) in [6.45, 7) is 2.10. The Labute approximate surface area is 136 Å². The van der Waals surface area contributed by atoms with Crippen molar-refractivity contribution in [3.8, 4) is 0 Å². The molecule has 7 heteroatoms. The van der Waals surface area contributed by atoms with E-state index in [1.54, 1.807) is 0 Å². The van der Waals surface area contributed by atoms with Crippen LogP contribution < -0.4 is 10.6 Å². The number of rotatable bonds is 6. The lowest BCUT2D eigenvalue weighted by molar-refractivity contribution is 0.0194. The number of hydrogen-bond acceptors (Lipinski definition) is 5. The van der Waals surface area contributed by atoms with Crippen molar-refractivity contribution in [1.29, 1.82) is 0 Å². The molecule has 4 rings (SSSR count). The van der Waals surface area contributed by atoms with Gasteiger partial charge in [0.1, 0.15) is 6.54 Å². The number of ether oxygens (including phenoxy) is 1. The monoisotopic (exact) mass is 319 g/mol. The fourth-order valence-electron chi connectivity index (χ4n) is 2.74. The molecule has 23 heavy (non-hydrogen) atoms. The van der Waals surface area contributed by atoms with Crippen molar-refractivity contribution in [3.63, 3.8) is 0 Å². The second kappa shape index (κ2) is 6.86. The predicted molar refractivity (Wildman–Crippen MR) is 85.2 cm³/mol. The Morgan fingerprint density at radius 2 is 2.09 bits per heavy atom. The summed E-state index contributed by atoms with van der Waals surface area (Å²) in [5.74, 6) is 2.78. The van der Waals surface area contributed by atoms with Crippen LogP contribution in [-0.4, -0.2) is 41.4 Å². The lowest BCUT2D eigenvalue weighted by Crippen LogP contribution is -2.43. The van der Waals surface area contributed by atoms with Gasteiger partial charge in [-0.15, -0.1) is 0 Å². The Morgan fingerprint density at radius 3 is 2.83 bits per heavy atom. The normalized spacial score (nSPS) is 25.4. The first-order chi connectivity index (χ1) is 11.4. The average Bonchev–Trinajstić information content (AvgIpc) is 3.52. The van der Waals surface area contributed by atoms with E-state index >= 15 is 0 Å². The summed E-state index contributed by atoms with van der Waals surface area (Å²) < 4.78 is 11.0. The zero-order chi connectivity index (χ0) is 15.5. The number of hydrogen-bond donors (Lipinski definition) is 2. The minimum absolute atomic E-state index is 0.292. The van der Waals surface area contributed by atoms with E-state index < -0.39 is 0 Å². The van der Waals surface area contributed by atoms with Gasteiger partial charge in [-0.2, -0.15) is 4.98 Å². The van der Waals surface area contributed by atoms with Gasteiger partial charge in [0.05, 0.1) is 6.10 Å². The van der Waals surface area contributed by atoms with Gasteiger partial charge in [-0.25, -0.2) is 4.99 Å². The van der Waals surface area contributed by atoms with Gasteiger partial charge in [0.15, 0.2) is 11.8 Å². The number of aliphatic imine (C=N–C) groups is 1. The third-order valence-corrected chi connectivity index (χ3v) is 4.49. The van der Waals surface area contributed by atoms with E-state index in [2.05, 4.69) is 25.8 Å². The summed E-state index contributed by atoms with van der Waals surface area (Å²) in [5, 5.41) is 10.9. The summed E-state index contributed by atoms with van der Waals surface area (Å²) in [5.41, 5.74) is 0. The molecule has 1 aromatic heterocycles. The first-order valence-electron chi connectivity index (χ1n) is 8.86. The Hall–Kier alpha value is -1.63. The van der Waals surface area contributed by atoms with E-state index in [-0.39, 0.29) is 0 Å². The van der Waals surface area contributed by atoms with Gasteiger partial charge in [-0.05, 0) is 44.9 Å². The van der Waals surface area contributed by atoms with Gasteiger partial charge in [0, 0.05) is 25.1 Å². The number of nitrogens with one attached hydrogen (secondary N) is 2. The maximum atomic E-state index is 5.76. The van der Waals surface area contributed by atoms with E-state index in [1.807, 2.05) is 0 Å². The molecule has 7 nitrogen and oxygen atoms in total. The molecule has 0 amide bonds. The average molecular weight is 319 g/mol. The number of nitrogens with zero attached hydrogens (tertiary/aromatic N) is 3. The van der Waals surface area contributed by atoms with E-state index in [1.165, 1.54) is 38.5 Å². The first kappa shape index (κ1) is 14.9. The molecule has 2 aliphatic carbocycles. The van der Waals surface area contributed by atoms with Crippen molar-refractivity contribution in [2.45, 2.75) is 69.6 Å². The third-order valence-electron chi connectivity index (χ3n) is 4.49. The molecule has 1 atom stereocenters. The highest BCUT2D eigenvalue weighted by Crippen LogP contribution is 2.38. The predicted octanol–water partition coefficient (Wildman–Crippen LogP) is 1.71. The molecular formula is C16H25N5O2. The molecule has 126 valence electrons. The third kappa shape index (κ3) is 4.43. The van der Waals surface area contributed by atoms with Crippen LogP contribution in [0.3, 0.4) is 0 Å². The van der Waals surface area contributed by atoms with Crippen LogP contribution in [0.1, 0.15) is 62.6 Å². The van der Waals surface area contributed by atoms with E-state index in [0.29, 0.717) is 30.5 Å². The molecular weight excluding hydrogens is 294 g/mol. The maximum Gasteiger partial charge on any atom is 0.248 e. The molecule has 1 saturated heterocycles. The lowest BCUT2D eigenvalue weighted by atomic mass is 10.1. The van der Waals surface area contributed by atoms with E-state index in [0.717, 1.165) is 31.4 Å². The zero-order valence-electron chi connectivity index (χ0n) is 13.5. The second-order valence-corrected chi connectivity index (χ2v) is 6.77. The van der Waals surface area contributed by atoms with E-state index in [9.17, 15) is 0 Å². The molecule has 0 aromatic carbocycles. The van der Waals surface area contributed by atoms with Crippen LogP contribution >= 0.6 is 0 Å². The van der Waals surface area contributed by atoms with Crippen LogP contribution in [0.2, 0.25) is 0 Å². The zero-order valence-corrected chi connectivity index (χ0v) is 13.5. The molecule has 0 radical (unpaired) electrons. The Bertz CT molecular complexity index is 544. The summed E-state index contributed by atoms with van der Waals surface area (Å²) in [7, 11) is 0. The summed E-state index contributed by atoms with van der Waals surface area (Å²) in [6, 6.07) is 0.554. The molecule has 1 unspecified atom stereocenters. The smallest absolute Gasteiger partial charge is 0.248 e. The highest BCUT2D eigenvalue weighted by atomic mass is 16.5. The fraction of sp³-hybridized carbons (Fsp3) is 0.812. The van der Waals surface area contributed by atoms with Crippen LogP contribution in [0.4, 0.5) is 0 Å². The SMILES string of the molecule is C1CCC(CNC(=NCc2nc(C3CC3)no2)NC2CC2)OC1. The van der Waals surface area contributed by atoms with Crippen molar-refractivity contribution >= 4 is 5.96 Å². The standard InChI is InChI=1S/C16H25N5O2/c1-2-8-22-13(3-1)9-17-16(19-12-6-7-12)18-10-14-20-15(21-23-14)11-4-5-11/h11-13H,1-10H2,(H2,17,18,19). The summed E-state index contributed by atoms with van der Waals surface area (Å²) in [6.07, 6.45) is 8.64. The second-order valence-electron chi connectivity index (χ2n) is 6.77. The van der Waals surface area contributed by atoms with Crippen LogP contribution in [0.5, 0.6) is 0 Å². The van der Waals surface area contributed by atoms with Crippen molar-refractivity contribution < 1.29 is 9.26 Å². The minimum atomic E-state index is 0.292. The highest BCUT2D eigenvalue weighted by Gasteiger charge is 2.28. The highest BCUT2D eigenvalue weighted by molar-refractivity contribution is 5.80. The maximum absolute atomic E-state index is 5.76. The molecule has 2 N–H and O–H groups in total. The van der Waals surface area contributed by atoms with Gasteiger partial charge < -0.3 is 19.9 Å². The molecule has 3 aliphatic rings. The Balaban J connectivity index is 1.31. The lowest BCUT2D eigenvalue weighted by Gasteiger charge is -2.23. The fourth-order valence-corrected chi connectivity index (χ4v) is 2.74. The van der Waals surface area contributed by atoms with Crippen LogP contribution in [0.15, 0.2) is 9.52 Å². The molecule has 0 spiro atoms. The number of aromatic nitrogens is 2. The number of guanidine groups is 1. The molecule has 2 saturated carbocycles. The summed E-state index contributed by atoms with van der Waals surface area (Å²) >= 11 is 0. The Morgan fingerprint density at radius 1 is 1.17 bits per heavy atom. The van der Waals surface area contributed by atoms with Gasteiger partial charge in [0.25, 0.3) is 0 Å². The van der Waals surface area contributed by atoms with Crippen molar-refractivity contribution in [2.24, 2.45) is 4.99 Å². The molecule has 1 aliphatic heterocycles. The quantitative estimate of drug-likeness (QED) is 0.613.